The minimum atomic E-state index is -3.24. The van der Waals surface area contributed by atoms with Crippen LogP contribution in [0.1, 0.15) is 25.3 Å². The van der Waals surface area contributed by atoms with Gasteiger partial charge in [-0.3, -0.25) is 4.72 Å². The zero-order valence-electron chi connectivity index (χ0n) is 12.3. The predicted octanol–water partition coefficient (Wildman–Crippen LogP) is 1.59. The fourth-order valence-electron chi connectivity index (χ4n) is 2.44. The van der Waals surface area contributed by atoms with Crippen molar-refractivity contribution >= 4 is 21.4 Å². The lowest BCUT2D eigenvalue weighted by Crippen LogP contribution is -2.43. The van der Waals surface area contributed by atoms with Crippen molar-refractivity contribution in [3.63, 3.8) is 0 Å². The van der Waals surface area contributed by atoms with E-state index in [9.17, 15) is 8.42 Å². The van der Waals surface area contributed by atoms with Crippen LogP contribution in [0.2, 0.25) is 0 Å². The summed E-state index contributed by atoms with van der Waals surface area (Å²) < 4.78 is 25.5. The number of rotatable bonds is 4. The minimum Gasteiger partial charge on any atom is -0.369 e. The second-order valence-electron chi connectivity index (χ2n) is 5.54. The molecule has 1 aliphatic rings. The van der Waals surface area contributed by atoms with Gasteiger partial charge in [-0.25, -0.2) is 8.42 Å². The fraction of sp³-hybridized carbons (Fsp3) is 0.571. The number of sulfonamides is 1. The summed E-state index contributed by atoms with van der Waals surface area (Å²) in [6.07, 6.45) is 1.18. The Morgan fingerprint density at radius 2 is 1.90 bits per heavy atom. The summed E-state index contributed by atoms with van der Waals surface area (Å²) in [5.41, 5.74) is 2.88. The van der Waals surface area contributed by atoms with Crippen LogP contribution in [0.15, 0.2) is 18.2 Å². The van der Waals surface area contributed by atoms with Crippen LogP contribution in [0.3, 0.4) is 0 Å². The van der Waals surface area contributed by atoms with Gasteiger partial charge in [-0.15, -0.1) is 0 Å². The predicted molar refractivity (Wildman–Crippen MR) is 84.1 cm³/mol. The highest BCUT2D eigenvalue weighted by atomic mass is 32.2. The molecule has 0 aliphatic carbocycles. The second kappa shape index (κ2) is 6.01. The molecule has 20 heavy (non-hydrogen) atoms. The smallest absolute Gasteiger partial charge is 0.229 e. The molecule has 6 heteroatoms. The molecule has 0 radical (unpaired) electrons. The summed E-state index contributed by atoms with van der Waals surface area (Å²) in [6, 6.07) is 5.96. The lowest BCUT2D eigenvalue weighted by Gasteiger charge is -2.30. The van der Waals surface area contributed by atoms with Gasteiger partial charge < -0.3 is 10.2 Å². The molecule has 0 unspecified atom stereocenters. The molecule has 0 spiro atoms. The van der Waals surface area contributed by atoms with E-state index in [0.717, 1.165) is 37.4 Å². The van der Waals surface area contributed by atoms with Crippen LogP contribution in [-0.4, -0.2) is 40.9 Å². The van der Waals surface area contributed by atoms with E-state index < -0.39 is 10.0 Å². The molecule has 0 aromatic heterocycles. The molecule has 1 aliphatic heterocycles. The van der Waals surface area contributed by atoms with E-state index in [1.807, 2.05) is 12.1 Å². The molecular formula is C14H23N3O2S. The maximum absolute atomic E-state index is 11.4. The Labute approximate surface area is 121 Å². The highest BCUT2D eigenvalue weighted by molar-refractivity contribution is 7.92. The largest absolute Gasteiger partial charge is 0.369 e. The number of piperazine rings is 1. The molecule has 1 aromatic carbocycles. The topological polar surface area (TPSA) is 61.4 Å². The second-order valence-corrected chi connectivity index (χ2v) is 7.29. The van der Waals surface area contributed by atoms with Gasteiger partial charge in [0.2, 0.25) is 10.0 Å². The van der Waals surface area contributed by atoms with E-state index in [2.05, 4.69) is 34.9 Å². The third-order valence-corrected chi connectivity index (χ3v) is 4.03. The number of hydrogen-bond donors (Lipinski definition) is 2. The third kappa shape index (κ3) is 3.86. The van der Waals surface area contributed by atoms with E-state index in [-0.39, 0.29) is 5.92 Å². The van der Waals surface area contributed by atoms with Crippen LogP contribution in [0.4, 0.5) is 11.4 Å². The standard InChI is InChI=1S/C14H23N3O2S/c1-11(2)13-10-12(17-8-6-15-7-9-17)4-5-14(13)16-20(3,18)19/h4-5,10-11,15-16H,6-9H2,1-3H3. The number of benzene rings is 1. The molecule has 0 saturated carbocycles. The van der Waals surface area contributed by atoms with Crippen molar-refractivity contribution in [3.8, 4) is 0 Å². The highest BCUT2D eigenvalue weighted by Crippen LogP contribution is 2.29. The van der Waals surface area contributed by atoms with Gasteiger partial charge in [0.05, 0.1) is 11.9 Å². The molecule has 2 rings (SSSR count). The molecule has 0 atom stereocenters. The van der Waals surface area contributed by atoms with E-state index >= 15 is 0 Å². The maximum atomic E-state index is 11.4. The first-order valence-corrected chi connectivity index (χ1v) is 8.83. The van der Waals surface area contributed by atoms with E-state index in [0.29, 0.717) is 5.69 Å². The number of nitrogens with zero attached hydrogens (tertiary/aromatic N) is 1. The van der Waals surface area contributed by atoms with Crippen molar-refractivity contribution in [1.82, 2.24) is 5.32 Å². The monoisotopic (exact) mass is 297 g/mol. The minimum absolute atomic E-state index is 0.266. The van der Waals surface area contributed by atoms with Crippen molar-refractivity contribution in [2.45, 2.75) is 19.8 Å². The van der Waals surface area contributed by atoms with Gasteiger partial charge in [0.1, 0.15) is 0 Å². The Morgan fingerprint density at radius 1 is 1.25 bits per heavy atom. The van der Waals surface area contributed by atoms with Gasteiger partial charge in [0.15, 0.2) is 0 Å². The van der Waals surface area contributed by atoms with E-state index in [4.69, 9.17) is 0 Å². The quantitative estimate of drug-likeness (QED) is 0.886. The lowest BCUT2D eigenvalue weighted by molar-refractivity contribution is 0.589. The van der Waals surface area contributed by atoms with E-state index in [1.165, 1.54) is 6.26 Å². The number of nitrogens with one attached hydrogen (secondary N) is 2. The molecule has 0 amide bonds. The van der Waals surface area contributed by atoms with Crippen molar-refractivity contribution in [2.75, 3.05) is 42.1 Å². The average Bonchev–Trinajstić information content (AvgIpc) is 2.38. The molecular weight excluding hydrogens is 274 g/mol. The molecule has 1 saturated heterocycles. The molecule has 1 aromatic rings. The van der Waals surface area contributed by atoms with Crippen molar-refractivity contribution in [2.24, 2.45) is 0 Å². The van der Waals surface area contributed by atoms with Gasteiger partial charge in [-0.2, -0.15) is 0 Å². The van der Waals surface area contributed by atoms with E-state index in [1.54, 1.807) is 0 Å². The lowest BCUT2D eigenvalue weighted by atomic mass is 10.00. The molecule has 1 heterocycles. The van der Waals surface area contributed by atoms with Crippen LogP contribution in [-0.2, 0) is 10.0 Å². The SMILES string of the molecule is CC(C)c1cc(N2CCNCC2)ccc1NS(C)(=O)=O. The Kier molecular flexibility index (Phi) is 4.55. The number of anilines is 2. The highest BCUT2D eigenvalue weighted by Gasteiger charge is 2.15. The normalized spacial score (nSPS) is 16.5. The third-order valence-electron chi connectivity index (χ3n) is 3.43. The van der Waals surface area contributed by atoms with Gasteiger partial charge in [-0.1, -0.05) is 13.8 Å². The molecule has 5 nitrogen and oxygen atoms in total. The van der Waals surface area contributed by atoms with Crippen LogP contribution < -0.4 is 14.9 Å². The average molecular weight is 297 g/mol. The first kappa shape index (κ1) is 15.1. The van der Waals surface area contributed by atoms with Crippen LogP contribution >= 0.6 is 0 Å². The summed E-state index contributed by atoms with van der Waals surface area (Å²) in [4.78, 5) is 2.33. The molecule has 0 bridgehead atoms. The van der Waals surface area contributed by atoms with Crippen LogP contribution in [0.25, 0.3) is 0 Å². The Hall–Kier alpha value is -1.27. The molecule has 1 fully saturated rings. The molecule has 112 valence electrons. The Bertz CT molecular complexity index is 564. The van der Waals surface area contributed by atoms with Gasteiger partial charge in [0.25, 0.3) is 0 Å². The molecule has 2 N–H and O–H groups in total. The summed E-state index contributed by atoms with van der Waals surface area (Å²) in [5.74, 6) is 0.266. The zero-order chi connectivity index (χ0) is 14.8. The summed E-state index contributed by atoms with van der Waals surface area (Å²) in [6.45, 7) is 8.09. The van der Waals surface area contributed by atoms with Crippen LogP contribution in [0.5, 0.6) is 0 Å². The Morgan fingerprint density at radius 3 is 2.45 bits per heavy atom. The van der Waals surface area contributed by atoms with Crippen molar-refractivity contribution < 1.29 is 8.42 Å². The first-order valence-electron chi connectivity index (χ1n) is 6.94. The van der Waals surface area contributed by atoms with Crippen molar-refractivity contribution in [1.29, 1.82) is 0 Å². The van der Waals surface area contributed by atoms with Gasteiger partial charge in [0, 0.05) is 31.9 Å². The number of hydrogen-bond acceptors (Lipinski definition) is 4. The Balaban J connectivity index is 2.31. The van der Waals surface area contributed by atoms with Gasteiger partial charge in [-0.05, 0) is 29.7 Å². The zero-order valence-corrected chi connectivity index (χ0v) is 13.1. The van der Waals surface area contributed by atoms with Crippen molar-refractivity contribution in [3.05, 3.63) is 23.8 Å². The first-order chi connectivity index (χ1) is 9.37. The summed E-state index contributed by atoms with van der Waals surface area (Å²) in [5, 5.41) is 3.33. The van der Waals surface area contributed by atoms with Gasteiger partial charge >= 0.3 is 0 Å². The van der Waals surface area contributed by atoms with Crippen LogP contribution in [0, 0.1) is 0 Å². The summed E-state index contributed by atoms with van der Waals surface area (Å²) >= 11 is 0. The maximum Gasteiger partial charge on any atom is 0.229 e. The fourth-order valence-corrected chi connectivity index (χ4v) is 3.03. The summed E-state index contributed by atoms with van der Waals surface area (Å²) in [7, 11) is -3.24.